The Morgan fingerprint density at radius 2 is 2.25 bits per heavy atom. The zero-order valence-electron chi connectivity index (χ0n) is 11.8. The Morgan fingerprint density at radius 3 is 2.80 bits per heavy atom. The highest BCUT2D eigenvalue weighted by molar-refractivity contribution is 6.28. The predicted molar refractivity (Wildman–Crippen MR) is 77.3 cm³/mol. The molecule has 2 heterocycles. The van der Waals surface area contributed by atoms with E-state index in [0.717, 1.165) is 26.1 Å². The molecule has 7 nitrogen and oxygen atoms in total. The standard InChI is InChI=1S/C12H18ClN5O2/c1-8-10(18(19)20)11(15-12(13)14-8)17(3)7-9-4-5-16(2)6-9/h9H,4-7H2,1-3H3. The Labute approximate surface area is 122 Å². The van der Waals surface area contributed by atoms with Crippen LogP contribution in [0.25, 0.3) is 0 Å². The van der Waals surface area contributed by atoms with Crippen LogP contribution in [0.15, 0.2) is 0 Å². The van der Waals surface area contributed by atoms with Crippen molar-refractivity contribution in [3.05, 3.63) is 21.1 Å². The lowest BCUT2D eigenvalue weighted by atomic mass is 10.1. The molecule has 1 aromatic heterocycles. The molecular weight excluding hydrogens is 282 g/mol. The Hall–Kier alpha value is -1.47. The molecule has 1 aromatic rings. The number of nitro groups is 1. The van der Waals surface area contributed by atoms with Crippen molar-refractivity contribution in [2.24, 2.45) is 5.92 Å². The summed E-state index contributed by atoms with van der Waals surface area (Å²) in [4.78, 5) is 22.7. The Kier molecular flexibility index (Phi) is 4.39. The van der Waals surface area contributed by atoms with Crippen LogP contribution in [-0.2, 0) is 0 Å². The first-order chi connectivity index (χ1) is 9.38. The van der Waals surface area contributed by atoms with E-state index in [0.29, 0.717) is 17.4 Å². The maximum Gasteiger partial charge on any atom is 0.332 e. The lowest BCUT2D eigenvalue weighted by Crippen LogP contribution is -2.28. The van der Waals surface area contributed by atoms with Gasteiger partial charge in [0.2, 0.25) is 11.1 Å². The van der Waals surface area contributed by atoms with Crippen molar-refractivity contribution in [1.82, 2.24) is 14.9 Å². The first-order valence-electron chi connectivity index (χ1n) is 6.46. The summed E-state index contributed by atoms with van der Waals surface area (Å²) in [5.41, 5.74) is 0.226. The topological polar surface area (TPSA) is 75.4 Å². The molecule has 8 heteroatoms. The molecule has 1 atom stereocenters. The summed E-state index contributed by atoms with van der Waals surface area (Å²) in [7, 11) is 3.89. The minimum Gasteiger partial charge on any atom is -0.353 e. The van der Waals surface area contributed by atoms with E-state index >= 15 is 0 Å². The van der Waals surface area contributed by atoms with Gasteiger partial charge in [-0.3, -0.25) is 10.1 Å². The molecule has 0 bridgehead atoms. The largest absolute Gasteiger partial charge is 0.353 e. The van der Waals surface area contributed by atoms with Crippen molar-refractivity contribution < 1.29 is 4.92 Å². The van der Waals surface area contributed by atoms with Crippen LogP contribution >= 0.6 is 11.6 Å². The minimum atomic E-state index is -0.446. The van der Waals surface area contributed by atoms with Gasteiger partial charge in [-0.1, -0.05) is 0 Å². The van der Waals surface area contributed by atoms with Crippen LogP contribution < -0.4 is 4.90 Å². The lowest BCUT2D eigenvalue weighted by Gasteiger charge is -2.22. The molecule has 1 unspecified atom stereocenters. The third-order valence-electron chi connectivity index (χ3n) is 3.58. The first kappa shape index (κ1) is 14.9. The molecule has 0 amide bonds. The van der Waals surface area contributed by atoms with Crippen LogP contribution in [0.2, 0.25) is 5.28 Å². The SMILES string of the molecule is Cc1nc(Cl)nc(N(C)CC2CCN(C)C2)c1[N+](=O)[O-]. The number of aromatic nitrogens is 2. The third-order valence-corrected chi connectivity index (χ3v) is 3.75. The molecular formula is C12H18ClN5O2. The van der Waals surface area contributed by atoms with E-state index in [9.17, 15) is 10.1 Å². The summed E-state index contributed by atoms with van der Waals surface area (Å²) in [6.07, 6.45) is 1.09. The van der Waals surface area contributed by atoms with Crippen molar-refractivity contribution in [1.29, 1.82) is 0 Å². The average Bonchev–Trinajstić information content (AvgIpc) is 2.72. The first-order valence-corrected chi connectivity index (χ1v) is 6.84. The molecule has 20 heavy (non-hydrogen) atoms. The van der Waals surface area contributed by atoms with Gasteiger partial charge >= 0.3 is 5.69 Å². The van der Waals surface area contributed by atoms with Crippen molar-refractivity contribution in [2.45, 2.75) is 13.3 Å². The highest BCUT2D eigenvalue weighted by atomic mass is 35.5. The van der Waals surface area contributed by atoms with E-state index in [-0.39, 0.29) is 11.0 Å². The lowest BCUT2D eigenvalue weighted by molar-refractivity contribution is -0.385. The zero-order valence-corrected chi connectivity index (χ0v) is 12.6. The van der Waals surface area contributed by atoms with Gasteiger partial charge in [-0.2, -0.15) is 4.98 Å². The summed E-state index contributed by atoms with van der Waals surface area (Å²) in [6.45, 7) is 4.35. The Morgan fingerprint density at radius 1 is 1.55 bits per heavy atom. The smallest absolute Gasteiger partial charge is 0.332 e. The monoisotopic (exact) mass is 299 g/mol. The van der Waals surface area contributed by atoms with Crippen LogP contribution in [0.1, 0.15) is 12.1 Å². The summed E-state index contributed by atoms with van der Waals surface area (Å²) in [5, 5.41) is 11.2. The van der Waals surface area contributed by atoms with E-state index in [1.165, 1.54) is 0 Å². The molecule has 110 valence electrons. The molecule has 1 saturated heterocycles. The molecule has 2 rings (SSSR count). The second-order valence-electron chi connectivity index (χ2n) is 5.30. The number of hydrogen-bond donors (Lipinski definition) is 0. The number of hydrogen-bond acceptors (Lipinski definition) is 6. The molecule has 1 aliphatic heterocycles. The van der Waals surface area contributed by atoms with Crippen molar-refractivity contribution in [2.75, 3.05) is 38.6 Å². The summed E-state index contributed by atoms with van der Waals surface area (Å²) >= 11 is 5.83. The van der Waals surface area contributed by atoms with Gasteiger partial charge in [0, 0.05) is 20.1 Å². The zero-order chi connectivity index (χ0) is 14.9. The second kappa shape index (κ2) is 5.88. The molecule has 0 radical (unpaired) electrons. The van der Waals surface area contributed by atoms with Crippen LogP contribution in [0, 0.1) is 23.0 Å². The van der Waals surface area contributed by atoms with Gasteiger partial charge in [-0.05, 0) is 44.5 Å². The van der Waals surface area contributed by atoms with Gasteiger partial charge in [0.15, 0.2) is 0 Å². The maximum atomic E-state index is 11.2. The molecule has 0 aliphatic carbocycles. The Balaban J connectivity index is 2.24. The number of likely N-dealkylation sites (tertiary alicyclic amines) is 1. The second-order valence-corrected chi connectivity index (χ2v) is 5.64. The quantitative estimate of drug-likeness (QED) is 0.479. The highest BCUT2D eigenvalue weighted by Gasteiger charge is 2.27. The van der Waals surface area contributed by atoms with E-state index in [1.807, 2.05) is 11.9 Å². The van der Waals surface area contributed by atoms with E-state index in [1.54, 1.807) is 6.92 Å². The van der Waals surface area contributed by atoms with Crippen LogP contribution in [0.5, 0.6) is 0 Å². The summed E-state index contributed by atoms with van der Waals surface area (Å²) < 4.78 is 0. The van der Waals surface area contributed by atoms with Gasteiger partial charge in [0.1, 0.15) is 5.69 Å². The highest BCUT2D eigenvalue weighted by Crippen LogP contribution is 2.30. The molecule has 0 spiro atoms. The van der Waals surface area contributed by atoms with Gasteiger partial charge in [-0.15, -0.1) is 0 Å². The third kappa shape index (κ3) is 3.16. The number of nitrogens with zero attached hydrogens (tertiary/aromatic N) is 5. The number of anilines is 1. The van der Waals surface area contributed by atoms with E-state index in [4.69, 9.17) is 11.6 Å². The maximum absolute atomic E-state index is 11.2. The molecule has 1 aliphatic rings. The molecule has 0 aromatic carbocycles. The van der Waals surface area contributed by atoms with Gasteiger partial charge in [0.05, 0.1) is 4.92 Å². The fourth-order valence-corrected chi connectivity index (χ4v) is 2.85. The van der Waals surface area contributed by atoms with Crippen molar-refractivity contribution in [3.63, 3.8) is 0 Å². The summed E-state index contributed by atoms with van der Waals surface area (Å²) in [5.74, 6) is 0.778. The van der Waals surface area contributed by atoms with E-state index < -0.39 is 4.92 Å². The van der Waals surface area contributed by atoms with Crippen LogP contribution in [0.4, 0.5) is 11.5 Å². The van der Waals surface area contributed by atoms with Gasteiger partial charge in [0.25, 0.3) is 0 Å². The van der Waals surface area contributed by atoms with Crippen LogP contribution in [-0.4, -0.2) is 53.5 Å². The number of aryl methyl sites for hydroxylation is 1. The van der Waals surface area contributed by atoms with Crippen LogP contribution in [0.3, 0.4) is 0 Å². The van der Waals surface area contributed by atoms with Gasteiger partial charge < -0.3 is 9.80 Å². The van der Waals surface area contributed by atoms with Crippen molar-refractivity contribution in [3.8, 4) is 0 Å². The number of rotatable bonds is 4. The molecule has 0 saturated carbocycles. The van der Waals surface area contributed by atoms with E-state index in [2.05, 4.69) is 21.9 Å². The normalized spacial score (nSPS) is 19.3. The minimum absolute atomic E-state index is 0.0403. The fraction of sp³-hybridized carbons (Fsp3) is 0.667. The molecule has 0 N–H and O–H groups in total. The summed E-state index contributed by atoms with van der Waals surface area (Å²) in [6, 6.07) is 0. The number of halogens is 1. The fourth-order valence-electron chi connectivity index (χ4n) is 2.65. The van der Waals surface area contributed by atoms with Gasteiger partial charge in [-0.25, -0.2) is 4.98 Å². The molecule has 1 fully saturated rings. The Bertz CT molecular complexity index is 525. The van der Waals surface area contributed by atoms with Crippen molar-refractivity contribution >= 4 is 23.1 Å². The average molecular weight is 300 g/mol. The predicted octanol–water partition coefficient (Wildman–Crippen LogP) is 1.73.